The lowest BCUT2D eigenvalue weighted by molar-refractivity contribution is -0.134. The highest BCUT2D eigenvalue weighted by Gasteiger charge is 2.31. The zero-order chi connectivity index (χ0) is 28.2. The van der Waals surface area contributed by atoms with E-state index in [1.807, 2.05) is 31.8 Å². The molecular formula is C28H43FN6O4. The number of carbonyl (C=O) groups is 3. The van der Waals surface area contributed by atoms with Gasteiger partial charge in [-0.2, -0.15) is 0 Å². The highest BCUT2D eigenvalue weighted by molar-refractivity contribution is 6.01. The molecule has 3 saturated heterocycles. The highest BCUT2D eigenvalue weighted by Crippen LogP contribution is 2.28. The Labute approximate surface area is 230 Å². The summed E-state index contributed by atoms with van der Waals surface area (Å²) in [5.41, 5.74) is 3.55. The van der Waals surface area contributed by atoms with Crippen LogP contribution in [0.3, 0.4) is 0 Å². The van der Waals surface area contributed by atoms with Crippen molar-refractivity contribution < 1.29 is 23.5 Å². The average Bonchev–Trinajstić information content (AvgIpc) is 2.87. The number of nitrogens with one attached hydrogen (secondary N) is 2. The van der Waals surface area contributed by atoms with Gasteiger partial charge in [-0.25, -0.2) is 14.2 Å². The van der Waals surface area contributed by atoms with Gasteiger partial charge in [0.2, 0.25) is 11.8 Å². The lowest BCUT2D eigenvalue weighted by Crippen LogP contribution is -2.51. The fourth-order valence-corrected chi connectivity index (χ4v) is 5.54. The molecule has 39 heavy (non-hydrogen) atoms. The zero-order valence-corrected chi connectivity index (χ0v) is 23.7. The molecular weight excluding hydrogens is 503 g/mol. The average molecular weight is 547 g/mol. The van der Waals surface area contributed by atoms with Crippen LogP contribution in [-0.4, -0.2) is 92.3 Å². The van der Waals surface area contributed by atoms with Crippen LogP contribution in [-0.2, 0) is 14.3 Å². The van der Waals surface area contributed by atoms with Crippen LogP contribution >= 0.6 is 0 Å². The first-order valence-corrected chi connectivity index (χ1v) is 14.1. The van der Waals surface area contributed by atoms with E-state index in [1.165, 1.54) is 6.07 Å². The van der Waals surface area contributed by atoms with Crippen molar-refractivity contribution in [1.29, 1.82) is 0 Å². The summed E-state index contributed by atoms with van der Waals surface area (Å²) in [6, 6.07) is 4.64. The Balaban J connectivity index is 1.18. The fourth-order valence-electron chi connectivity index (χ4n) is 5.54. The first kappa shape index (κ1) is 29.1. The molecule has 0 aromatic heterocycles. The topological polar surface area (TPSA) is 97.5 Å². The van der Waals surface area contributed by atoms with Gasteiger partial charge < -0.3 is 14.5 Å². The quantitative estimate of drug-likeness (QED) is 0.504. The van der Waals surface area contributed by atoms with E-state index >= 15 is 4.39 Å². The molecule has 0 spiro atoms. The van der Waals surface area contributed by atoms with Crippen molar-refractivity contribution in [2.75, 3.05) is 62.7 Å². The van der Waals surface area contributed by atoms with E-state index in [0.29, 0.717) is 23.7 Å². The Hall–Kier alpha value is -2.92. The van der Waals surface area contributed by atoms with E-state index in [2.05, 4.69) is 20.5 Å². The third-order valence-corrected chi connectivity index (χ3v) is 7.85. The summed E-state index contributed by atoms with van der Waals surface area (Å²) in [4.78, 5) is 41.9. The van der Waals surface area contributed by atoms with Gasteiger partial charge in [0.25, 0.3) is 0 Å². The second kappa shape index (κ2) is 12.5. The summed E-state index contributed by atoms with van der Waals surface area (Å²) in [7, 11) is 1.76. The number of amides is 3. The summed E-state index contributed by atoms with van der Waals surface area (Å²) in [5, 5.41) is 4.31. The molecule has 1 aromatic rings. The van der Waals surface area contributed by atoms with Crippen LogP contribution in [0.4, 0.5) is 20.6 Å². The predicted octanol–water partition coefficient (Wildman–Crippen LogP) is 2.73. The van der Waals surface area contributed by atoms with Gasteiger partial charge in [0.15, 0.2) is 0 Å². The minimum atomic E-state index is -0.504. The number of hydrazine groups is 1. The van der Waals surface area contributed by atoms with E-state index < -0.39 is 17.7 Å². The number of benzene rings is 1. The molecule has 0 saturated carbocycles. The van der Waals surface area contributed by atoms with Crippen molar-refractivity contribution in [2.45, 2.75) is 64.5 Å². The Kier molecular flexibility index (Phi) is 9.32. The molecule has 0 aliphatic carbocycles. The van der Waals surface area contributed by atoms with Gasteiger partial charge in [0.1, 0.15) is 17.5 Å². The van der Waals surface area contributed by atoms with Crippen LogP contribution in [0.5, 0.6) is 0 Å². The number of piperidine rings is 2. The summed E-state index contributed by atoms with van der Waals surface area (Å²) in [6.45, 7) is 11.5. The number of rotatable bonds is 7. The van der Waals surface area contributed by atoms with Gasteiger partial charge in [-0.15, -0.1) is 0 Å². The number of carbonyl (C=O) groups excluding carboxylic acids is 3. The largest absolute Gasteiger partial charge is 0.443 e. The number of hydrogen-bond donors (Lipinski definition) is 2. The maximum atomic E-state index is 15.1. The van der Waals surface area contributed by atoms with E-state index in [1.54, 1.807) is 18.0 Å². The number of halogens is 1. The van der Waals surface area contributed by atoms with Crippen LogP contribution < -0.4 is 20.5 Å². The van der Waals surface area contributed by atoms with E-state index in [4.69, 9.17) is 4.74 Å². The number of imide groups is 1. The van der Waals surface area contributed by atoms with Gasteiger partial charge in [0.05, 0.1) is 5.69 Å². The van der Waals surface area contributed by atoms with Crippen molar-refractivity contribution in [1.82, 2.24) is 20.7 Å². The molecule has 1 unspecified atom stereocenters. The standard InChI is InChI=1S/C28H43FN6O4/c1-28(2,3)39-27(38)31-35-13-10-20(11-14-35)9-12-33-15-17-34(18-16-33)23-6-5-21(19-22(23)29)32(4)24-7-8-25(36)30-26(24)37/h5-6,19-20,24H,7-18H2,1-4H3,(H,31,38)(H,30,36,37). The maximum absolute atomic E-state index is 15.1. The number of ether oxygens (including phenoxy) is 1. The zero-order valence-electron chi connectivity index (χ0n) is 23.7. The molecule has 10 nitrogen and oxygen atoms in total. The van der Waals surface area contributed by atoms with E-state index in [0.717, 1.165) is 65.1 Å². The normalized spacial score (nSPS) is 22.0. The van der Waals surface area contributed by atoms with Gasteiger partial charge in [0, 0.05) is 58.4 Å². The van der Waals surface area contributed by atoms with Crippen molar-refractivity contribution in [3.8, 4) is 0 Å². The van der Waals surface area contributed by atoms with Gasteiger partial charge in [-0.05, 0) is 77.1 Å². The maximum Gasteiger partial charge on any atom is 0.422 e. The Morgan fingerprint density at radius 1 is 1.10 bits per heavy atom. The molecule has 1 aromatic carbocycles. The van der Waals surface area contributed by atoms with Gasteiger partial charge in [-0.1, -0.05) is 0 Å². The molecule has 3 fully saturated rings. The molecule has 3 aliphatic heterocycles. The lowest BCUT2D eigenvalue weighted by Gasteiger charge is -2.38. The van der Waals surface area contributed by atoms with Gasteiger partial charge in [-0.3, -0.25) is 25.2 Å². The number of hydrogen-bond acceptors (Lipinski definition) is 8. The Bertz CT molecular complexity index is 1030. The molecule has 0 bridgehead atoms. The lowest BCUT2D eigenvalue weighted by atomic mass is 9.94. The van der Waals surface area contributed by atoms with E-state index in [9.17, 15) is 14.4 Å². The van der Waals surface area contributed by atoms with Crippen LogP contribution in [0.2, 0.25) is 0 Å². The predicted molar refractivity (Wildman–Crippen MR) is 148 cm³/mol. The monoisotopic (exact) mass is 546 g/mol. The van der Waals surface area contributed by atoms with Crippen LogP contribution in [0.15, 0.2) is 18.2 Å². The van der Waals surface area contributed by atoms with E-state index in [-0.39, 0.29) is 24.1 Å². The Morgan fingerprint density at radius 2 is 1.79 bits per heavy atom. The highest BCUT2D eigenvalue weighted by atomic mass is 19.1. The molecule has 11 heteroatoms. The second-order valence-electron chi connectivity index (χ2n) is 11.9. The smallest absolute Gasteiger partial charge is 0.422 e. The molecule has 0 radical (unpaired) electrons. The molecule has 4 rings (SSSR count). The Morgan fingerprint density at radius 3 is 2.41 bits per heavy atom. The van der Waals surface area contributed by atoms with Crippen molar-refractivity contribution in [3.05, 3.63) is 24.0 Å². The summed E-state index contributed by atoms with van der Waals surface area (Å²) >= 11 is 0. The molecule has 3 amide bonds. The first-order valence-electron chi connectivity index (χ1n) is 14.1. The summed E-state index contributed by atoms with van der Waals surface area (Å²) in [6.07, 6.45) is 3.52. The third-order valence-electron chi connectivity index (χ3n) is 7.85. The summed E-state index contributed by atoms with van der Waals surface area (Å²) in [5.74, 6) is -0.265. The van der Waals surface area contributed by atoms with Crippen molar-refractivity contribution in [2.24, 2.45) is 5.92 Å². The minimum absolute atomic E-state index is 0.261. The van der Waals surface area contributed by atoms with Crippen LogP contribution in [0.1, 0.15) is 52.9 Å². The van der Waals surface area contributed by atoms with Crippen molar-refractivity contribution >= 4 is 29.3 Å². The van der Waals surface area contributed by atoms with Gasteiger partial charge >= 0.3 is 6.09 Å². The fraction of sp³-hybridized carbons (Fsp3) is 0.679. The van der Waals surface area contributed by atoms with Crippen LogP contribution in [0.25, 0.3) is 0 Å². The second-order valence-corrected chi connectivity index (χ2v) is 11.9. The number of anilines is 2. The molecule has 3 heterocycles. The minimum Gasteiger partial charge on any atom is -0.443 e. The number of piperazine rings is 1. The molecule has 3 aliphatic rings. The number of likely N-dealkylation sites (N-methyl/N-ethyl adjacent to an activating group) is 1. The molecule has 2 N–H and O–H groups in total. The first-order chi connectivity index (χ1) is 18.5. The third kappa shape index (κ3) is 8.04. The summed E-state index contributed by atoms with van der Waals surface area (Å²) < 4.78 is 20.5. The van der Waals surface area contributed by atoms with Crippen molar-refractivity contribution in [3.63, 3.8) is 0 Å². The van der Waals surface area contributed by atoms with Crippen LogP contribution in [0, 0.1) is 11.7 Å². The molecule has 216 valence electrons. The molecule has 1 atom stereocenters. The number of nitrogens with zero attached hydrogens (tertiary/aromatic N) is 4. The SMILES string of the molecule is CN(c1ccc(N2CCN(CCC3CCN(NC(=O)OC(C)(C)C)CC3)CC2)c(F)c1)C1CCC(=O)NC1=O.